The number of carbonyl (C=O) groups is 2. The van der Waals surface area contributed by atoms with E-state index in [1.807, 2.05) is 39.0 Å². The summed E-state index contributed by atoms with van der Waals surface area (Å²) in [5, 5.41) is 19.7. The van der Waals surface area contributed by atoms with E-state index in [-0.39, 0.29) is 55.4 Å². The van der Waals surface area contributed by atoms with Crippen molar-refractivity contribution in [3.63, 3.8) is 0 Å². The molecule has 2 amide bonds. The van der Waals surface area contributed by atoms with Crippen molar-refractivity contribution in [2.75, 3.05) is 20.1 Å². The average molecular weight is 701 g/mol. The summed E-state index contributed by atoms with van der Waals surface area (Å²) >= 11 is 5.77. The Labute approximate surface area is 286 Å². The van der Waals surface area contributed by atoms with Gasteiger partial charge in [-0.1, -0.05) is 23.7 Å². The second-order valence-corrected chi connectivity index (χ2v) is 14.3. The summed E-state index contributed by atoms with van der Waals surface area (Å²) in [6, 6.07) is 5.85. The Morgan fingerprint density at radius 1 is 1.16 bits per heavy atom. The monoisotopic (exact) mass is 700 g/mol. The highest BCUT2D eigenvalue weighted by molar-refractivity contribution is 6.29. The van der Waals surface area contributed by atoms with Crippen molar-refractivity contribution >= 4 is 29.2 Å². The summed E-state index contributed by atoms with van der Waals surface area (Å²) < 4.78 is 36.7. The first kappa shape index (κ1) is 34.5. The molecule has 0 spiro atoms. The van der Waals surface area contributed by atoms with E-state index in [1.54, 1.807) is 18.1 Å². The lowest BCUT2D eigenvalue weighted by Crippen LogP contribution is -2.50. The molecule has 49 heavy (non-hydrogen) atoms. The van der Waals surface area contributed by atoms with Gasteiger partial charge in [0.05, 0.1) is 30.5 Å². The summed E-state index contributed by atoms with van der Waals surface area (Å²) in [4.78, 5) is 46.4. The molecule has 2 aliphatic rings. The van der Waals surface area contributed by atoms with Gasteiger partial charge in [0.25, 0.3) is 12.0 Å². The van der Waals surface area contributed by atoms with Gasteiger partial charge in [0.2, 0.25) is 11.6 Å². The highest BCUT2D eigenvalue weighted by atomic mass is 35.5. The van der Waals surface area contributed by atoms with Gasteiger partial charge in [0.1, 0.15) is 18.0 Å². The minimum absolute atomic E-state index is 0.0420. The number of nitrogens with zero attached hydrogens (tertiary/aromatic N) is 8. The van der Waals surface area contributed by atoms with Crippen LogP contribution in [0.25, 0.3) is 16.9 Å². The quantitative estimate of drug-likeness (QED) is 0.291. The second kappa shape index (κ2) is 13.2. The number of piperidine rings is 1. The van der Waals surface area contributed by atoms with Crippen LogP contribution in [0.1, 0.15) is 57.2 Å². The maximum absolute atomic E-state index is 13.7. The Morgan fingerprint density at radius 3 is 2.53 bits per heavy atom. The number of hydrogen-bond acceptors (Lipinski definition) is 8. The molecule has 1 saturated heterocycles. The van der Waals surface area contributed by atoms with Gasteiger partial charge >= 0.3 is 6.09 Å². The predicted octanol–water partition coefficient (Wildman–Crippen LogP) is 3.99. The molecule has 1 aliphatic heterocycles. The molecular weight excluding hydrogens is 662 g/mol. The van der Waals surface area contributed by atoms with Gasteiger partial charge in [-0.15, -0.1) is 0 Å². The lowest BCUT2D eigenvalue weighted by molar-refractivity contribution is -0.138. The number of likely N-dealkylation sites (tertiary alicyclic amines) is 1. The van der Waals surface area contributed by atoms with Gasteiger partial charge < -0.3 is 19.6 Å². The number of aromatic nitrogens is 6. The number of amides is 2. The molecule has 2 atom stereocenters. The normalized spacial score (nSPS) is 18.1. The number of likely N-dealkylation sites (N-methyl/N-ethyl adjacent to an activating group) is 1. The molecular formula is C33H39ClF2N8O5. The molecule has 1 aliphatic carbocycles. The Morgan fingerprint density at radius 2 is 1.88 bits per heavy atom. The van der Waals surface area contributed by atoms with Crippen molar-refractivity contribution in [1.29, 1.82) is 0 Å². The van der Waals surface area contributed by atoms with Gasteiger partial charge in [-0.05, 0) is 69.7 Å². The molecule has 0 radical (unpaired) electrons. The summed E-state index contributed by atoms with van der Waals surface area (Å²) in [6.07, 6.45) is 2.22. The molecule has 16 heteroatoms. The SMILES string of the molecule is CN(C(=O)OC(C)(C)C)C1Cc2ccc(-c3cnc4c(=O)n(CC5(O)CCN(C(=O)CC(C(F)F)n6ccc(Cl)n6)CC5)cnn34)cc2C1. The largest absolute Gasteiger partial charge is 0.444 e. The van der Waals surface area contributed by atoms with Crippen molar-refractivity contribution in [3.8, 4) is 11.3 Å². The molecule has 6 rings (SSSR count). The van der Waals surface area contributed by atoms with E-state index in [2.05, 4.69) is 15.2 Å². The molecule has 262 valence electrons. The number of rotatable bonds is 8. The van der Waals surface area contributed by atoms with E-state index in [0.29, 0.717) is 18.5 Å². The Kier molecular flexibility index (Phi) is 9.26. The molecule has 1 aromatic carbocycles. The molecule has 0 saturated carbocycles. The molecule has 3 aromatic heterocycles. The Bertz CT molecular complexity index is 1930. The van der Waals surface area contributed by atoms with Crippen LogP contribution in [0.5, 0.6) is 0 Å². The second-order valence-electron chi connectivity index (χ2n) is 13.9. The number of aliphatic hydroxyl groups is 1. The van der Waals surface area contributed by atoms with Crippen LogP contribution in [0.15, 0.2) is 47.8 Å². The first-order chi connectivity index (χ1) is 23.1. The highest BCUT2D eigenvalue weighted by Crippen LogP contribution is 2.31. The minimum atomic E-state index is -2.83. The van der Waals surface area contributed by atoms with E-state index in [1.165, 1.54) is 32.6 Å². The van der Waals surface area contributed by atoms with Crippen molar-refractivity contribution in [2.24, 2.45) is 0 Å². The molecule has 4 aromatic rings. The smallest absolute Gasteiger partial charge is 0.410 e. The fourth-order valence-electron chi connectivity index (χ4n) is 6.48. The number of ether oxygens (including phenoxy) is 1. The zero-order valence-corrected chi connectivity index (χ0v) is 28.5. The third-order valence-corrected chi connectivity index (χ3v) is 9.44. The standard InChI is InChI=1S/C33H39ClF2N8O5/c1-32(2,3)49-31(47)40(4)23-14-20-5-6-21(13-22(20)15-23)25-17-37-29-30(46)42(19-38-44(25)29)18-33(48)8-11-41(12-9-33)27(45)16-24(28(35)36)43-10-7-26(34)39-43/h5-7,10,13,17,19,23-24,28,48H,8-9,11-12,14-16,18H2,1-4H3. The third kappa shape index (κ3) is 7.32. The zero-order chi connectivity index (χ0) is 35.2. The van der Waals surface area contributed by atoms with Crippen molar-refractivity contribution < 1.29 is 28.2 Å². The van der Waals surface area contributed by atoms with Crippen LogP contribution in [-0.4, -0.2) is 99.7 Å². The van der Waals surface area contributed by atoms with Crippen LogP contribution in [0.3, 0.4) is 0 Å². The molecule has 4 heterocycles. The van der Waals surface area contributed by atoms with Crippen LogP contribution >= 0.6 is 11.6 Å². The van der Waals surface area contributed by atoms with Gasteiger partial charge in [-0.25, -0.2) is 23.1 Å². The van der Waals surface area contributed by atoms with Crippen molar-refractivity contribution in [2.45, 2.75) is 89.1 Å². The molecule has 13 nitrogen and oxygen atoms in total. The Balaban J connectivity index is 1.11. The lowest BCUT2D eigenvalue weighted by Gasteiger charge is -2.38. The van der Waals surface area contributed by atoms with Crippen LogP contribution in [0, 0.1) is 0 Å². The van der Waals surface area contributed by atoms with E-state index >= 15 is 0 Å². The van der Waals surface area contributed by atoms with E-state index in [4.69, 9.17) is 16.3 Å². The zero-order valence-electron chi connectivity index (χ0n) is 27.7. The van der Waals surface area contributed by atoms with Crippen LogP contribution in [0.2, 0.25) is 5.15 Å². The number of carbonyl (C=O) groups excluding carboxylic acids is 2. The summed E-state index contributed by atoms with van der Waals surface area (Å²) in [5.41, 5.74) is 1.40. The first-order valence-corrected chi connectivity index (χ1v) is 16.5. The molecule has 1 N–H and O–H groups in total. The number of hydrogen-bond donors (Lipinski definition) is 1. The van der Waals surface area contributed by atoms with Gasteiger partial charge in [-0.3, -0.25) is 18.8 Å². The van der Waals surface area contributed by atoms with Gasteiger partial charge in [0, 0.05) is 37.9 Å². The van der Waals surface area contributed by atoms with Crippen LogP contribution in [-0.2, 0) is 28.9 Å². The minimum Gasteiger partial charge on any atom is -0.444 e. The van der Waals surface area contributed by atoms with Crippen LogP contribution < -0.4 is 5.56 Å². The number of halogens is 3. The van der Waals surface area contributed by atoms with E-state index in [9.17, 15) is 28.3 Å². The van der Waals surface area contributed by atoms with Crippen molar-refractivity contribution in [1.82, 2.24) is 38.7 Å². The highest BCUT2D eigenvalue weighted by Gasteiger charge is 2.37. The van der Waals surface area contributed by atoms with E-state index < -0.39 is 41.6 Å². The van der Waals surface area contributed by atoms with E-state index in [0.717, 1.165) is 21.4 Å². The summed E-state index contributed by atoms with van der Waals surface area (Å²) in [7, 11) is 1.75. The van der Waals surface area contributed by atoms with Gasteiger partial charge in [-0.2, -0.15) is 10.2 Å². The third-order valence-electron chi connectivity index (χ3n) is 9.24. The first-order valence-electron chi connectivity index (χ1n) is 16.1. The molecule has 2 unspecified atom stereocenters. The fraction of sp³-hybridized carbons (Fsp3) is 0.515. The number of alkyl halides is 2. The summed E-state index contributed by atoms with van der Waals surface area (Å²) in [5.74, 6) is -0.485. The predicted molar refractivity (Wildman–Crippen MR) is 176 cm³/mol. The van der Waals surface area contributed by atoms with Crippen molar-refractivity contribution in [3.05, 3.63) is 69.6 Å². The van der Waals surface area contributed by atoms with Crippen LogP contribution in [0.4, 0.5) is 13.6 Å². The fourth-order valence-corrected chi connectivity index (χ4v) is 6.62. The topological polar surface area (TPSA) is 140 Å². The summed E-state index contributed by atoms with van der Waals surface area (Å²) in [6.45, 7) is 5.70. The maximum atomic E-state index is 13.7. The average Bonchev–Trinajstić information content (AvgIpc) is 3.78. The number of imidazole rings is 1. The van der Waals surface area contributed by atoms with Gasteiger partial charge in [0.15, 0.2) is 5.15 Å². The molecule has 1 fully saturated rings. The number of benzene rings is 1. The molecule has 0 bridgehead atoms. The Hall–Kier alpha value is -4.37. The maximum Gasteiger partial charge on any atom is 0.410 e. The number of fused-ring (bicyclic) bond motifs is 2. The lowest BCUT2D eigenvalue weighted by atomic mass is 9.91.